The Labute approximate surface area is 184 Å². The number of aryl methyl sites for hydroxylation is 2. The molecule has 0 aliphatic carbocycles. The first-order valence-electron chi connectivity index (χ1n) is 11.1. The lowest BCUT2D eigenvalue weighted by Crippen LogP contribution is -2.48. The Morgan fingerprint density at radius 3 is 2.58 bits per heavy atom. The van der Waals surface area contributed by atoms with E-state index >= 15 is 0 Å². The second-order valence-corrected chi connectivity index (χ2v) is 7.73. The van der Waals surface area contributed by atoms with Crippen LogP contribution in [-0.4, -0.2) is 74.3 Å². The average molecular weight is 430 g/mol. The lowest BCUT2D eigenvalue weighted by Gasteiger charge is -2.38. The highest BCUT2D eigenvalue weighted by Crippen LogP contribution is 2.21. The molecule has 31 heavy (non-hydrogen) atoms. The van der Waals surface area contributed by atoms with E-state index in [-0.39, 0.29) is 18.4 Å². The molecule has 3 heterocycles. The molecule has 170 valence electrons. The minimum atomic E-state index is -0.250. The molecule has 1 N–H and O–H groups in total. The van der Waals surface area contributed by atoms with E-state index in [1.165, 1.54) is 0 Å². The number of nitrogens with zero attached hydrogens (tertiary/aromatic N) is 5. The van der Waals surface area contributed by atoms with Crippen LogP contribution < -0.4 is 0 Å². The monoisotopic (exact) mass is 429 g/mol. The zero-order valence-electron chi connectivity index (χ0n) is 18.9. The number of rotatable bonds is 8. The molecule has 8 nitrogen and oxygen atoms in total. The Morgan fingerprint density at radius 1 is 1.29 bits per heavy atom. The smallest absolute Gasteiger partial charge is 0.290 e. The molecule has 2 aromatic rings. The van der Waals surface area contributed by atoms with Crippen molar-refractivity contribution in [1.29, 1.82) is 0 Å². The fourth-order valence-electron chi connectivity index (χ4n) is 4.00. The van der Waals surface area contributed by atoms with E-state index in [4.69, 9.17) is 9.90 Å². The van der Waals surface area contributed by atoms with Crippen molar-refractivity contribution in [2.24, 2.45) is 0 Å². The minimum Gasteiger partial charge on any atom is -0.483 e. The molecule has 3 rings (SSSR count). The second-order valence-electron chi connectivity index (χ2n) is 7.73. The van der Waals surface area contributed by atoms with Gasteiger partial charge in [0, 0.05) is 56.7 Å². The molecule has 2 aromatic heterocycles. The number of carbonyl (C=O) groups is 2. The fraction of sp³-hybridized carbons (Fsp3) is 0.565. The molecular formula is C23H35N5O3. The number of piperidine rings is 1. The van der Waals surface area contributed by atoms with Gasteiger partial charge in [0.25, 0.3) is 12.4 Å². The molecule has 8 heteroatoms. The zero-order valence-corrected chi connectivity index (χ0v) is 18.9. The highest BCUT2D eigenvalue weighted by molar-refractivity contribution is 5.95. The van der Waals surface area contributed by atoms with Gasteiger partial charge in [-0.2, -0.15) is 5.10 Å². The highest BCUT2D eigenvalue weighted by Gasteiger charge is 2.29. The second kappa shape index (κ2) is 12.8. The number of aromatic nitrogens is 3. The molecule has 1 saturated heterocycles. The van der Waals surface area contributed by atoms with Crippen LogP contribution in [0.15, 0.2) is 30.6 Å². The van der Waals surface area contributed by atoms with Crippen LogP contribution in [0.4, 0.5) is 0 Å². The summed E-state index contributed by atoms with van der Waals surface area (Å²) in [6.45, 7) is 10.8. The molecule has 1 aliphatic heterocycles. The van der Waals surface area contributed by atoms with E-state index in [1.54, 1.807) is 0 Å². The highest BCUT2D eigenvalue weighted by atomic mass is 16.3. The maximum absolute atomic E-state index is 13.5. The Kier molecular flexibility index (Phi) is 10.2. The van der Waals surface area contributed by atoms with Gasteiger partial charge in [-0.05, 0) is 44.9 Å². The fourth-order valence-corrected chi connectivity index (χ4v) is 4.00. The van der Waals surface area contributed by atoms with E-state index in [2.05, 4.69) is 33.7 Å². The van der Waals surface area contributed by atoms with E-state index < -0.39 is 0 Å². The molecule has 0 aromatic carbocycles. The first-order valence-corrected chi connectivity index (χ1v) is 11.1. The van der Waals surface area contributed by atoms with Gasteiger partial charge in [0.2, 0.25) is 0 Å². The SMILES string of the molecule is CCCn1cc(C(=O)N(CCc2ccccn2)C2CCN(CC)CC2)c(C)n1.O=CO. The topological polar surface area (TPSA) is 91.6 Å². The van der Waals surface area contributed by atoms with Gasteiger partial charge in [0.1, 0.15) is 0 Å². The van der Waals surface area contributed by atoms with E-state index in [1.807, 2.05) is 42.2 Å². The van der Waals surface area contributed by atoms with Crippen LogP contribution in [0.3, 0.4) is 0 Å². The summed E-state index contributed by atoms with van der Waals surface area (Å²) in [6, 6.07) is 6.26. The molecule has 0 spiro atoms. The van der Waals surface area contributed by atoms with Crippen LogP contribution in [0.1, 0.15) is 54.9 Å². The zero-order chi connectivity index (χ0) is 22.6. The summed E-state index contributed by atoms with van der Waals surface area (Å²) in [5, 5.41) is 11.4. The molecule has 0 unspecified atom stereocenters. The number of carboxylic acid groups (broad SMARTS) is 1. The van der Waals surface area contributed by atoms with Crippen molar-refractivity contribution in [3.63, 3.8) is 0 Å². The third-order valence-corrected chi connectivity index (χ3v) is 5.67. The molecule has 1 amide bonds. The Hall–Kier alpha value is -2.74. The van der Waals surface area contributed by atoms with Gasteiger partial charge in [-0.15, -0.1) is 0 Å². The number of likely N-dealkylation sites (tertiary alicyclic amines) is 1. The number of hydrogen-bond acceptors (Lipinski definition) is 5. The Balaban J connectivity index is 0.00000107. The largest absolute Gasteiger partial charge is 0.483 e. The summed E-state index contributed by atoms with van der Waals surface area (Å²) in [5.74, 6) is 0.116. The molecule has 1 fully saturated rings. The quantitative estimate of drug-likeness (QED) is 0.649. The van der Waals surface area contributed by atoms with Crippen LogP contribution in [0.5, 0.6) is 0 Å². The number of carbonyl (C=O) groups excluding carboxylic acids is 1. The summed E-state index contributed by atoms with van der Waals surface area (Å²) in [5.41, 5.74) is 2.60. The van der Waals surface area contributed by atoms with Crippen molar-refractivity contribution in [2.45, 2.75) is 59.0 Å². The first-order chi connectivity index (χ1) is 15.0. The normalized spacial score (nSPS) is 14.5. The number of hydrogen-bond donors (Lipinski definition) is 1. The van der Waals surface area contributed by atoms with Gasteiger partial charge < -0.3 is 14.9 Å². The minimum absolute atomic E-state index is 0.116. The van der Waals surface area contributed by atoms with Crippen molar-refractivity contribution in [3.05, 3.63) is 47.5 Å². The standard InChI is InChI=1S/C22H33N5O.CH2O2/c1-4-13-26-17-21(18(3)24-26)22(28)27(16-9-19-8-6-7-12-23-19)20-10-14-25(5-2)15-11-20;2-1-3/h6-8,12,17,20H,4-5,9-11,13-16H2,1-3H3;1H,(H,2,3). The van der Waals surface area contributed by atoms with Crippen molar-refractivity contribution >= 4 is 12.4 Å². The maximum atomic E-state index is 13.5. The number of amides is 1. The number of pyridine rings is 1. The third kappa shape index (κ3) is 7.17. The lowest BCUT2D eigenvalue weighted by molar-refractivity contribution is -0.122. The molecule has 0 radical (unpaired) electrons. The van der Waals surface area contributed by atoms with Crippen molar-refractivity contribution in [1.82, 2.24) is 24.6 Å². The van der Waals surface area contributed by atoms with Gasteiger partial charge in [0.05, 0.1) is 11.3 Å². The first kappa shape index (κ1) is 24.5. The Morgan fingerprint density at radius 2 is 2.00 bits per heavy atom. The summed E-state index contributed by atoms with van der Waals surface area (Å²) < 4.78 is 1.90. The Bertz CT molecular complexity index is 801. The van der Waals surface area contributed by atoms with Gasteiger partial charge in [-0.25, -0.2) is 0 Å². The summed E-state index contributed by atoms with van der Waals surface area (Å²) in [7, 11) is 0. The van der Waals surface area contributed by atoms with E-state index in [0.717, 1.165) is 68.8 Å². The van der Waals surface area contributed by atoms with E-state index in [9.17, 15) is 4.79 Å². The summed E-state index contributed by atoms with van der Waals surface area (Å²) in [4.78, 5) is 30.8. The third-order valence-electron chi connectivity index (χ3n) is 5.67. The average Bonchev–Trinajstić information content (AvgIpc) is 3.16. The predicted molar refractivity (Wildman–Crippen MR) is 120 cm³/mol. The van der Waals surface area contributed by atoms with Gasteiger partial charge in [-0.1, -0.05) is 19.9 Å². The molecule has 0 bridgehead atoms. The van der Waals surface area contributed by atoms with Crippen LogP contribution in [0.25, 0.3) is 0 Å². The van der Waals surface area contributed by atoms with Gasteiger partial charge in [0.15, 0.2) is 0 Å². The maximum Gasteiger partial charge on any atom is 0.290 e. The predicted octanol–water partition coefficient (Wildman–Crippen LogP) is 2.87. The van der Waals surface area contributed by atoms with Gasteiger partial charge >= 0.3 is 0 Å². The van der Waals surface area contributed by atoms with Crippen LogP contribution in [0, 0.1) is 6.92 Å². The van der Waals surface area contributed by atoms with Crippen molar-refractivity contribution in [3.8, 4) is 0 Å². The van der Waals surface area contributed by atoms with Crippen molar-refractivity contribution in [2.75, 3.05) is 26.2 Å². The molecular weight excluding hydrogens is 394 g/mol. The van der Waals surface area contributed by atoms with Crippen molar-refractivity contribution < 1.29 is 14.7 Å². The van der Waals surface area contributed by atoms with E-state index in [0.29, 0.717) is 6.54 Å². The summed E-state index contributed by atoms with van der Waals surface area (Å²) >= 11 is 0. The molecule has 1 aliphatic rings. The van der Waals surface area contributed by atoms with Crippen LogP contribution in [0.2, 0.25) is 0 Å². The summed E-state index contributed by atoms with van der Waals surface area (Å²) in [6.07, 6.45) is 7.60. The molecule has 0 atom stereocenters. The van der Waals surface area contributed by atoms with Crippen LogP contribution >= 0.6 is 0 Å². The molecule has 0 saturated carbocycles. The van der Waals surface area contributed by atoms with Gasteiger partial charge in [-0.3, -0.25) is 19.3 Å². The van der Waals surface area contributed by atoms with Crippen LogP contribution in [-0.2, 0) is 17.8 Å². The lowest BCUT2D eigenvalue weighted by atomic mass is 10.0.